The first kappa shape index (κ1) is 19.0. The summed E-state index contributed by atoms with van der Waals surface area (Å²) in [4.78, 5) is 24.0. The number of aromatic nitrogens is 1. The van der Waals surface area contributed by atoms with Gasteiger partial charge in [-0.1, -0.05) is 18.5 Å². The van der Waals surface area contributed by atoms with Crippen LogP contribution in [0.4, 0.5) is 18.0 Å². The number of carbonyl (C=O) groups is 2. The molecule has 0 atom stereocenters. The number of urea groups is 1. The summed E-state index contributed by atoms with van der Waals surface area (Å²) in [5, 5.41) is 5.27. The second-order valence-corrected chi connectivity index (χ2v) is 6.17. The zero-order valence-corrected chi connectivity index (χ0v) is 14.6. The van der Waals surface area contributed by atoms with Gasteiger partial charge in [0.25, 0.3) is 0 Å². The second kappa shape index (κ2) is 7.45. The Bertz CT molecular complexity index is 863. The molecule has 1 saturated heterocycles. The Balaban J connectivity index is 1.71. The molecule has 0 spiro atoms. The number of nitrogens with zero attached hydrogens (tertiary/aromatic N) is 2. The largest absolute Gasteiger partial charge is 0.493 e. The number of carbonyl (C=O) groups excluding carboxylic acids is 2. The van der Waals surface area contributed by atoms with E-state index in [-0.39, 0.29) is 30.0 Å². The number of amides is 3. The SMILES string of the molecule is CCCc1c(OCCCN2CC(=O)NC2=O)ccc2c(C(F)(F)F)noc12. The number of aryl methyl sites for hydroxylation is 1. The van der Waals surface area contributed by atoms with Crippen molar-refractivity contribution < 1.29 is 32.0 Å². The van der Waals surface area contributed by atoms with Crippen LogP contribution in [0.3, 0.4) is 0 Å². The second-order valence-electron chi connectivity index (χ2n) is 6.17. The number of ether oxygens (including phenoxy) is 1. The van der Waals surface area contributed by atoms with Crippen molar-refractivity contribution in [3.63, 3.8) is 0 Å². The summed E-state index contributed by atoms with van der Waals surface area (Å²) in [7, 11) is 0. The number of rotatable bonds is 7. The summed E-state index contributed by atoms with van der Waals surface area (Å²) >= 11 is 0. The molecular weight excluding hydrogens is 367 g/mol. The molecule has 146 valence electrons. The lowest BCUT2D eigenvalue weighted by atomic mass is 10.0. The van der Waals surface area contributed by atoms with Crippen molar-refractivity contribution in [1.29, 1.82) is 0 Å². The lowest BCUT2D eigenvalue weighted by Gasteiger charge is -2.14. The van der Waals surface area contributed by atoms with Crippen LogP contribution in [0.25, 0.3) is 11.0 Å². The molecule has 27 heavy (non-hydrogen) atoms. The monoisotopic (exact) mass is 385 g/mol. The predicted molar refractivity (Wildman–Crippen MR) is 88.2 cm³/mol. The van der Waals surface area contributed by atoms with Gasteiger partial charge >= 0.3 is 12.2 Å². The highest BCUT2D eigenvalue weighted by atomic mass is 19.4. The third-order valence-corrected chi connectivity index (χ3v) is 4.17. The number of alkyl halides is 3. The van der Waals surface area contributed by atoms with E-state index in [2.05, 4.69) is 10.5 Å². The highest BCUT2D eigenvalue weighted by Crippen LogP contribution is 2.38. The number of fused-ring (bicyclic) bond motifs is 1. The normalized spacial score (nSPS) is 14.9. The molecule has 1 aromatic carbocycles. The average molecular weight is 385 g/mol. The van der Waals surface area contributed by atoms with E-state index < -0.39 is 17.9 Å². The van der Waals surface area contributed by atoms with E-state index in [1.54, 1.807) is 0 Å². The van der Waals surface area contributed by atoms with Gasteiger partial charge in [-0.15, -0.1) is 0 Å². The first-order chi connectivity index (χ1) is 12.8. The smallest absolute Gasteiger partial charge is 0.437 e. The molecule has 0 bridgehead atoms. The van der Waals surface area contributed by atoms with Crippen LogP contribution < -0.4 is 10.1 Å². The Morgan fingerprint density at radius 1 is 1.33 bits per heavy atom. The fraction of sp³-hybridized carbons (Fsp3) is 0.471. The van der Waals surface area contributed by atoms with E-state index in [1.165, 1.54) is 17.0 Å². The number of benzene rings is 1. The van der Waals surface area contributed by atoms with Crippen molar-refractivity contribution in [2.45, 2.75) is 32.4 Å². The van der Waals surface area contributed by atoms with E-state index in [0.717, 1.165) is 0 Å². The molecule has 2 aromatic rings. The Labute approximate surface area is 152 Å². The number of hydrogen-bond acceptors (Lipinski definition) is 5. The molecule has 0 saturated carbocycles. The molecule has 2 heterocycles. The van der Waals surface area contributed by atoms with E-state index in [9.17, 15) is 22.8 Å². The summed E-state index contributed by atoms with van der Waals surface area (Å²) in [6.45, 7) is 2.49. The number of halogens is 3. The third kappa shape index (κ3) is 3.99. The minimum Gasteiger partial charge on any atom is -0.493 e. The van der Waals surface area contributed by atoms with Crippen LogP contribution in [0.1, 0.15) is 31.0 Å². The van der Waals surface area contributed by atoms with Gasteiger partial charge in [-0.25, -0.2) is 4.79 Å². The summed E-state index contributed by atoms with van der Waals surface area (Å²) in [5.74, 6) is 0.0820. The first-order valence-corrected chi connectivity index (χ1v) is 8.51. The van der Waals surface area contributed by atoms with Gasteiger partial charge < -0.3 is 14.2 Å². The molecular formula is C17H18F3N3O4. The van der Waals surface area contributed by atoms with Gasteiger partial charge in [0.2, 0.25) is 5.91 Å². The van der Waals surface area contributed by atoms with Crippen molar-refractivity contribution in [2.24, 2.45) is 0 Å². The highest BCUT2D eigenvalue weighted by Gasteiger charge is 2.37. The van der Waals surface area contributed by atoms with Crippen LogP contribution in [0, 0.1) is 0 Å². The quantitative estimate of drug-likeness (QED) is 0.585. The van der Waals surface area contributed by atoms with Gasteiger partial charge in [-0.2, -0.15) is 13.2 Å². The van der Waals surface area contributed by atoms with Crippen LogP contribution in [0.2, 0.25) is 0 Å². The highest BCUT2D eigenvalue weighted by molar-refractivity contribution is 6.01. The lowest BCUT2D eigenvalue weighted by molar-refractivity contribution is -0.141. The maximum atomic E-state index is 13.0. The zero-order chi connectivity index (χ0) is 19.6. The number of nitrogens with one attached hydrogen (secondary N) is 1. The van der Waals surface area contributed by atoms with Crippen molar-refractivity contribution >= 4 is 22.9 Å². The van der Waals surface area contributed by atoms with Gasteiger partial charge in [-0.05, 0) is 25.0 Å². The average Bonchev–Trinajstić information content (AvgIpc) is 3.16. The molecule has 0 radical (unpaired) electrons. The summed E-state index contributed by atoms with van der Waals surface area (Å²) in [6.07, 6.45) is -2.96. The van der Waals surface area contributed by atoms with Crippen LogP contribution in [-0.4, -0.2) is 41.7 Å². The van der Waals surface area contributed by atoms with E-state index in [1.807, 2.05) is 6.92 Å². The molecule has 0 unspecified atom stereocenters. The minimum absolute atomic E-state index is 0.0180. The van der Waals surface area contributed by atoms with Crippen LogP contribution in [0.5, 0.6) is 5.75 Å². The molecule has 1 N–H and O–H groups in total. The predicted octanol–water partition coefficient (Wildman–Crippen LogP) is 3.12. The Morgan fingerprint density at radius 2 is 2.11 bits per heavy atom. The molecule has 10 heteroatoms. The summed E-state index contributed by atoms with van der Waals surface area (Å²) in [6, 6.07) is 2.33. The number of imide groups is 1. The Kier molecular flexibility index (Phi) is 5.24. The molecule has 0 aliphatic carbocycles. The van der Waals surface area contributed by atoms with Crippen LogP contribution >= 0.6 is 0 Å². The van der Waals surface area contributed by atoms with Crippen molar-refractivity contribution in [3.05, 3.63) is 23.4 Å². The van der Waals surface area contributed by atoms with Gasteiger partial charge in [0.15, 0.2) is 11.3 Å². The van der Waals surface area contributed by atoms with E-state index in [0.29, 0.717) is 37.1 Å². The van der Waals surface area contributed by atoms with Crippen molar-refractivity contribution in [3.8, 4) is 5.75 Å². The maximum absolute atomic E-state index is 13.0. The van der Waals surface area contributed by atoms with Crippen LogP contribution in [0.15, 0.2) is 16.7 Å². The molecule has 7 nitrogen and oxygen atoms in total. The maximum Gasteiger partial charge on any atom is 0.437 e. The van der Waals surface area contributed by atoms with Crippen molar-refractivity contribution in [2.75, 3.05) is 19.7 Å². The fourth-order valence-electron chi connectivity index (χ4n) is 2.97. The third-order valence-electron chi connectivity index (χ3n) is 4.17. The molecule has 1 aliphatic rings. The van der Waals surface area contributed by atoms with Gasteiger partial charge in [-0.3, -0.25) is 10.1 Å². The summed E-state index contributed by atoms with van der Waals surface area (Å²) in [5.41, 5.74) is -0.440. The van der Waals surface area contributed by atoms with E-state index in [4.69, 9.17) is 9.26 Å². The van der Waals surface area contributed by atoms with Gasteiger partial charge in [0.05, 0.1) is 12.0 Å². The standard InChI is InChI=1S/C17H18F3N3O4/c1-2-4-10-12(26-8-3-7-23-9-13(24)21-16(23)25)6-5-11-14(10)27-22-15(11)17(18,19)20/h5-6H,2-4,7-9H2,1H3,(H,21,24,25). The molecule has 1 aliphatic heterocycles. The Hall–Kier alpha value is -2.78. The number of hydrogen-bond donors (Lipinski definition) is 1. The van der Waals surface area contributed by atoms with E-state index >= 15 is 0 Å². The molecule has 3 rings (SSSR count). The van der Waals surface area contributed by atoms with Crippen molar-refractivity contribution in [1.82, 2.24) is 15.4 Å². The molecule has 1 aromatic heterocycles. The van der Waals surface area contributed by atoms with Gasteiger partial charge in [0, 0.05) is 12.1 Å². The molecule has 3 amide bonds. The first-order valence-electron chi connectivity index (χ1n) is 8.51. The zero-order valence-electron chi connectivity index (χ0n) is 14.6. The van der Waals surface area contributed by atoms with Gasteiger partial charge in [0.1, 0.15) is 12.3 Å². The Morgan fingerprint density at radius 3 is 2.74 bits per heavy atom. The lowest BCUT2D eigenvalue weighted by Crippen LogP contribution is -2.29. The topological polar surface area (TPSA) is 84.7 Å². The fourth-order valence-corrected chi connectivity index (χ4v) is 2.97. The summed E-state index contributed by atoms with van der Waals surface area (Å²) < 4.78 is 49.7. The van der Waals surface area contributed by atoms with Crippen LogP contribution in [-0.2, 0) is 17.4 Å². The molecule has 1 fully saturated rings. The minimum atomic E-state index is -4.59.